The van der Waals surface area contributed by atoms with Gasteiger partial charge < -0.3 is 10.2 Å². The molecule has 4 nitrogen and oxygen atoms in total. The van der Waals surface area contributed by atoms with E-state index >= 15 is 0 Å². The van der Waals surface area contributed by atoms with Crippen molar-refractivity contribution in [3.63, 3.8) is 0 Å². The van der Waals surface area contributed by atoms with Crippen LogP contribution in [0.25, 0.3) is 0 Å². The average Bonchev–Trinajstić information content (AvgIpc) is 2.97. The van der Waals surface area contributed by atoms with E-state index in [4.69, 9.17) is 28.2 Å². The number of nitrogens with zero attached hydrogens (tertiary/aromatic N) is 2. The Kier molecular flexibility index (Phi) is 7.12. The van der Waals surface area contributed by atoms with Crippen molar-refractivity contribution in [3.8, 4) is 0 Å². The van der Waals surface area contributed by atoms with Crippen LogP contribution in [0.2, 0.25) is 10.0 Å². The number of carbonyl (C=O) groups excluding carboxylic acids is 1. The van der Waals surface area contributed by atoms with Crippen molar-refractivity contribution in [1.29, 1.82) is 0 Å². The Morgan fingerprint density at radius 1 is 1.27 bits per heavy atom. The molecule has 1 aromatic carbocycles. The van der Waals surface area contributed by atoms with Crippen LogP contribution in [0, 0.1) is 0 Å². The Balaban J connectivity index is 1.48. The highest BCUT2D eigenvalue weighted by atomic mass is 35.5. The van der Waals surface area contributed by atoms with Gasteiger partial charge in [0.25, 0.3) is 0 Å². The number of thioether (sulfide) groups is 1. The molecule has 1 aliphatic heterocycles. The second-order valence-corrected chi connectivity index (χ2v) is 8.81. The molecule has 142 valence electrons. The molecule has 7 heteroatoms. The fraction of sp³-hybridized carbons (Fsp3) is 0.579. The summed E-state index contributed by atoms with van der Waals surface area (Å²) in [6.45, 7) is 0.461. The van der Waals surface area contributed by atoms with Gasteiger partial charge in [-0.25, -0.2) is 0 Å². The number of nitrogens with one attached hydrogen (secondary N) is 1. The minimum absolute atomic E-state index is 0.0486. The normalized spacial score (nSPS) is 22.8. The van der Waals surface area contributed by atoms with Crippen LogP contribution in [0.15, 0.2) is 23.2 Å². The Morgan fingerprint density at radius 2 is 2.04 bits per heavy atom. The Bertz CT molecular complexity index is 677. The van der Waals surface area contributed by atoms with Gasteiger partial charge in [-0.1, -0.05) is 60.3 Å². The second-order valence-electron chi connectivity index (χ2n) is 7.01. The lowest BCUT2D eigenvalue weighted by molar-refractivity contribution is -0.121. The van der Waals surface area contributed by atoms with Crippen molar-refractivity contribution in [1.82, 2.24) is 10.2 Å². The topological polar surface area (TPSA) is 44.7 Å². The van der Waals surface area contributed by atoms with Crippen LogP contribution in [0.1, 0.15) is 44.1 Å². The summed E-state index contributed by atoms with van der Waals surface area (Å²) in [6.07, 6.45) is 6.80. The molecule has 2 fully saturated rings. The maximum absolute atomic E-state index is 12.3. The zero-order valence-electron chi connectivity index (χ0n) is 15.0. The van der Waals surface area contributed by atoms with E-state index in [-0.39, 0.29) is 11.9 Å². The van der Waals surface area contributed by atoms with E-state index < -0.39 is 0 Å². The summed E-state index contributed by atoms with van der Waals surface area (Å²) in [5, 5.41) is 5.10. The third-order valence-electron chi connectivity index (χ3n) is 5.02. The number of hydrogen-bond donors (Lipinski definition) is 1. The van der Waals surface area contributed by atoms with Gasteiger partial charge in [0, 0.05) is 31.8 Å². The maximum Gasteiger partial charge on any atom is 0.222 e. The summed E-state index contributed by atoms with van der Waals surface area (Å²) in [5.74, 6) is 0.967. The number of aliphatic imine (C=N–C) groups is 1. The Hall–Kier alpha value is -0.910. The summed E-state index contributed by atoms with van der Waals surface area (Å²) < 4.78 is 0. The van der Waals surface area contributed by atoms with E-state index in [2.05, 4.69) is 17.3 Å². The molecule has 1 saturated carbocycles. The van der Waals surface area contributed by atoms with Crippen LogP contribution in [-0.4, -0.2) is 40.9 Å². The first-order valence-electron chi connectivity index (χ1n) is 9.17. The first-order valence-corrected chi connectivity index (χ1v) is 10.9. The number of benzene rings is 1. The van der Waals surface area contributed by atoms with Crippen molar-refractivity contribution in [2.24, 2.45) is 4.99 Å². The van der Waals surface area contributed by atoms with Crippen LogP contribution in [0.5, 0.6) is 0 Å². The minimum Gasteiger partial charge on any atom is -0.352 e. The molecule has 0 aromatic heterocycles. The molecule has 1 N–H and O–H groups in total. The molecular weight excluding hydrogens is 389 g/mol. The zero-order chi connectivity index (χ0) is 18.5. The van der Waals surface area contributed by atoms with Crippen LogP contribution < -0.4 is 5.32 Å². The third kappa shape index (κ3) is 5.30. The summed E-state index contributed by atoms with van der Waals surface area (Å²) in [4.78, 5) is 19.4. The van der Waals surface area contributed by atoms with Crippen LogP contribution in [0.3, 0.4) is 0 Å². The van der Waals surface area contributed by atoms with Gasteiger partial charge >= 0.3 is 0 Å². The van der Waals surface area contributed by atoms with Gasteiger partial charge in [-0.3, -0.25) is 9.79 Å². The number of rotatable bonds is 5. The predicted molar refractivity (Wildman–Crippen MR) is 111 cm³/mol. The SMILES string of the molecule is CN1C(=NC2CCCCC2)SCC1CC(=O)NCc1ccc(Cl)c(Cl)c1. The molecule has 1 atom stereocenters. The smallest absolute Gasteiger partial charge is 0.222 e. The van der Waals surface area contributed by atoms with Gasteiger partial charge in [-0.05, 0) is 30.5 Å². The molecule has 1 saturated heterocycles. The molecule has 0 spiro atoms. The van der Waals surface area contributed by atoms with E-state index in [9.17, 15) is 4.79 Å². The molecule has 0 radical (unpaired) electrons. The highest BCUT2D eigenvalue weighted by molar-refractivity contribution is 8.14. The predicted octanol–water partition coefficient (Wildman–Crippen LogP) is 4.74. The molecular formula is C19H25Cl2N3OS. The van der Waals surface area contributed by atoms with Gasteiger partial charge in [-0.15, -0.1) is 0 Å². The van der Waals surface area contributed by atoms with Crippen molar-refractivity contribution in [3.05, 3.63) is 33.8 Å². The monoisotopic (exact) mass is 413 g/mol. The largest absolute Gasteiger partial charge is 0.352 e. The van der Waals surface area contributed by atoms with Gasteiger partial charge in [0.05, 0.1) is 16.1 Å². The van der Waals surface area contributed by atoms with E-state index in [1.54, 1.807) is 23.9 Å². The summed E-state index contributed by atoms with van der Waals surface area (Å²) in [6, 6.07) is 6.09. The summed E-state index contributed by atoms with van der Waals surface area (Å²) in [5.41, 5.74) is 0.946. The summed E-state index contributed by atoms with van der Waals surface area (Å²) >= 11 is 13.7. The number of carbonyl (C=O) groups is 1. The van der Waals surface area contributed by atoms with Gasteiger partial charge in [-0.2, -0.15) is 0 Å². The summed E-state index contributed by atoms with van der Waals surface area (Å²) in [7, 11) is 2.05. The van der Waals surface area contributed by atoms with Crippen LogP contribution in [0.4, 0.5) is 0 Å². The van der Waals surface area contributed by atoms with Crippen LogP contribution >= 0.6 is 35.0 Å². The van der Waals surface area contributed by atoms with E-state index in [0.717, 1.165) is 16.5 Å². The lowest BCUT2D eigenvalue weighted by Gasteiger charge is -2.23. The maximum atomic E-state index is 12.3. The molecule has 1 aromatic rings. The molecule has 0 bridgehead atoms. The van der Waals surface area contributed by atoms with E-state index in [0.29, 0.717) is 29.1 Å². The number of amides is 1. The van der Waals surface area contributed by atoms with Gasteiger partial charge in [0.2, 0.25) is 5.91 Å². The number of amidine groups is 1. The van der Waals surface area contributed by atoms with Crippen molar-refractivity contribution < 1.29 is 4.79 Å². The third-order valence-corrected chi connectivity index (χ3v) is 6.96. The van der Waals surface area contributed by atoms with E-state index in [1.165, 1.54) is 32.1 Å². The Morgan fingerprint density at radius 3 is 2.77 bits per heavy atom. The molecule has 26 heavy (non-hydrogen) atoms. The molecule has 1 unspecified atom stereocenters. The minimum atomic E-state index is 0.0486. The molecule has 2 aliphatic rings. The lowest BCUT2D eigenvalue weighted by atomic mass is 9.96. The van der Waals surface area contributed by atoms with Crippen molar-refractivity contribution >= 4 is 46.0 Å². The fourth-order valence-electron chi connectivity index (χ4n) is 3.37. The molecule has 1 aliphatic carbocycles. The second kappa shape index (κ2) is 9.34. The van der Waals surface area contributed by atoms with E-state index in [1.807, 2.05) is 6.07 Å². The fourth-order valence-corrected chi connectivity index (χ4v) is 4.95. The Labute approximate surface area is 169 Å². The zero-order valence-corrected chi connectivity index (χ0v) is 17.3. The first-order chi connectivity index (χ1) is 12.5. The van der Waals surface area contributed by atoms with Gasteiger partial charge in [0.15, 0.2) is 5.17 Å². The first kappa shape index (κ1) is 19.8. The van der Waals surface area contributed by atoms with Crippen LogP contribution in [-0.2, 0) is 11.3 Å². The molecule has 3 rings (SSSR count). The highest BCUT2D eigenvalue weighted by Gasteiger charge is 2.29. The quantitative estimate of drug-likeness (QED) is 0.757. The standard InChI is InChI=1S/C19H25Cl2N3OS/c1-24-15(12-26-19(24)23-14-5-3-2-4-6-14)10-18(25)22-11-13-7-8-16(20)17(21)9-13/h7-9,14-15H,2-6,10-12H2,1H3,(H,22,25). The highest BCUT2D eigenvalue weighted by Crippen LogP contribution is 2.28. The van der Waals surface area contributed by atoms with Crippen molar-refractivity contribution in [2.75, 3.05) is 12.8 Å². The van der Waals surface area contributed by atoms with Gasteiger partial charge in [0.1, 0.15) is 0 Å². The molecule has 1 amide bonds. The lowest BCUT2D eigenvalue weighted by Crippen LogP contribution is -2.36. The molecule has 1 heterocycles. The number of hydrogen-bond acceptors (Lipinski definition) is 3. The van der Waals surface area contributed by atoms with Crippen molar-refractivity contribution in [2.45, 2.75) is 57.2 Å². The average molecular weight is 414 g/mol. The number of halogens is 2.